The average molecular weight is 362 g/mol. The van der Waals surface area contributed by atoms with Crippen LogP contribution < -0.4 is 10.2 Å². The fraction of sp³-hybridized carbons (Fsp3) is 0.353. The molecule has 1 aliphatic heterocycles. The topological polar surface area (TPSA) is 67.4 Å². The first kappa shape index (κ1) is 17.6. The van der Waals surface area contributed by atoms with Crippen LogP contribution >= 0.6 is 11.8 Å². The van der Waals surface area contributed by atoms with Crippen LogP contribution in [0.5, 0.6) is 0 Å². The number of anilines is 2. The number of nitrogens with zero attached hydrogens (tertiary/aromatic N) is 3. The highest BCUT2D eigenvalue weighted by atomic mass is 32.2. The molecule has 132 valence electrons. The first-order valence-corrected chi connectivity index (χ1v) is 8.94. The molecule has 25 heavy (non-hydrogen) atoms. The summed E-state index contributed by atoms with van der Waals surface area (Å²) in [6.07, 6.45) is 1.50. The zero-order valence-corrected chi connectivity index (χ0v) is 14.7. The van der Waals surface area contributed by atoms with Crippen molar-refractivity contribution in [3.63, 3.8) is 0 Å². The summed E-state index contributed by atoms with van der Waals surface area (Å²) in [5, 5.41) is 3.41. The van der Waals surface area contributed by atoms with Crippen LogP contribution in [-0.2, 0) is 9.53 Å². The minimum Gasteiger partial charge on any atom is -0.378 e. The number of halogens is 1. The number of morpholine rings is 1. The lowest BCUT2D eigenvalue weighted by atomic mass is 10.2. The molecule has 8 heteroatoms. The number of amides is 1. The van der Waals surface area contributed by atoms with Gasteiger partial charge in [0, 0.05) is 24.8 Å². The predicted molar refractivity (Wildman–Crippen MR) is 95.6 cm³/mol. The van der Waals surface area contributed by atoms with Crippen molar-refractivity contribution >= 4 is 29.2 Å². The quantitative estimate of drug-likeness (QED) is 0.651. The van der Waals surface area contributed by atoms with Crippen LogP contribution in [-0.4, -0.2) is 47.9 Å². The number of aromatic nitrogens is 2. The molecule has 3 rings (SSSR count). The van der Waals surface area contributed by atoms with Gasteiger partial charge in [0.05, 0.1) is 19.0 Å². The van der Waals surface area contributed by atoms with E-state index in [-0.39, 0.29) is 17.5 Å². The number of nitrogens with one attached hydrogen (secondary N) is 1. The van der Waals surface area contributed by atoms with Gasteiger partial charge in [-0.05, 0) is 24.6 Å². The van der Waals surface area contributed by atoms with Crippen molar-refractivity contribution in [2.24, 2.45) is 0 Å². The van der Waals surface area contributed by atoms with Gasteiger partial charge in [0.15, 0.2) is 0 Å². The number of benzene rings is 1. The Balaban J connectivity index is 1.55. The maximum atomic E-state index is 13.5. The molecule has 1 aromatic carbocycles. The molecule has 0 unspecified atom stereocenters. The van der Waals surface area contributed by atoms with E-state index in [1.807, 2.05) is 6.07 Å². The first-order valence-electron chi connectivity index (χ1n) is 7.95. The van der Waals surface area contributed by atoms with Crippen molar-refractivity contribution in [1.82, 2.24) is 9.97 Å². The largest absolute Gasteiger partial charge is 0.378 e. The van der Waals surface area contributed by atoms with Gasteiger partial charge >= 0.3 is 0 Å². The van der Waals surface area contributed by atoms with Gasteiger partial charge < -0.3 is 15.0 Å². The number of thioether (sulfide) groups is 1. The van der Waals surface area contributed by atoms with Crippen LogP contribution in [0.4, 0.5) is 15.9 Å². The highest BCUT2D eigenvalue weighted by Gasteiger charge is 2.13. The molecule has 1 amide bonds. The Morgan fingerprint density at radius 2 is 2.12 bits per heavy atom. The van der Waals surface area contributed by atoms with Crippen LogP contribution in [0.15, 0.2) is 35.6 Å². The number of ether oxygens (including phenoxy) is 1. The minimum atomic E-state index is -0.337. The van der Waals surface area contributed by atoms with Gasteiger partial charge in [-0.15, -0.1) is 0 Å². The molecule has 6 nitrogen and oxygen atoms in total. The highest BCUT2D eigenvalue weighted by molar-refractivity contribution is 7.99. The molecular weight excluding hydrogens is 343 g/mol. The van der Waals surface area contributed by atoms with Crippen molar-refractivity contribution in [2.75, 3.05) is 42.3 Å². The maximum Gasteiger partial charge on any atom is 0.234 e. The fourth-order valence-corrected chi connectivity index (χ4v) is 3.04. The smallest absolute Gasteiger partial charge is 0.234 e. The van der Waals surface area contributed by atoms with E-state index in [0.717, 1.165) is 23.9 Å². The molecule has 2 heterocycles. The lowest BCUT2D eigenvalue weighted by molar-refractivity contribution is -0.113. The van der Waals surface area contributed by atoms with Crippen LogP contribution in [0.3, 0.4) is 0 Å². The summed E-state index contributed by atoms with van der Waals surface area (Å²) in [5.74, 6) is 0.479. The van der Waals surface area contributed by atoms with Crippen LogP contribution in [0.2, 0.25) is 0 Å². The third kappa shape index (κ3) is 4.90. The molecule has 1 aliphatic rings. The normalized spacial score (nSPS) is 14.4. The van der Waals surface area contributed by atoms with Crippen molar-refractivity contribution in [3.05, 3.63) is 42.0 Å². The second kappa shape index (κ2) is 8.26. The summed E-state index contributed by atoms with van der Waals surface area (Å²) in [5.41, 5.74) is 0.995. The molecule has 0 atom stereocenters. The molecule has 1 aromatic heterocycles. The van der Waals surface area contributed by atoms with Gasteiger partial charge in [-0.1, -0.05) is 17.8 Å². The zero-order chi connectivity index (χ0) is 17.6. The summed E-state index contributed by atoms with van der Waals surface area (Å²) in [6, 6.07) is 6.51. The molecule has 0 radical (unpaired) electrons. The third-order valence-corrected chi connectivity index (χ3v) is 4.69. The Morgan fingerprint density at radius 1 is 1.32 bits per heavy atom. The van der Waals surface area contributed by atoms with Gasteiger partial charge in [-0.25, -0.2) is 14.4 Å². The number of hydrogen-bond acceptors (Lipinski definition) is 6. The summed E-state index contributed by atoms with van der Waals surface area (Å²) in [7, 11) is 0. The second-order valence-electron chi connectivity index (χ2n) is 5.61. The monoisotopic (exact) mass is 362 g/mol. The molecular formula is C17H19FN4O2S. The highest BCUT2D eigenvalue weighted by Crippen LogP contribution is 2.21. The number of carbonyl (C=O) groups excluding carboxylic acids is 1. The summed E-state index contributed by atoms with van der Waals surface area (Å²) < 4.78 is 18.8. The van der Waals surface area contributed by atoms with Crippen LogP contribution in [0.1, 0.15) is 5.56 Å². The number of hydrogen-bond donors (Lipinski definition) is 1. The van der Waals surface area contributed by atoms with Crippen molar-refractivity contribution in [2.45, 2.75) is 11.9 Å². The Bertz CT molecular complexity index is 753. The van der Waals surface area contributed by atoms with Crippen molar-refractivity contribution in [3.8, 4) is 0 Å². The van der Waals surface area contributed by atoms with Crippen LogP contribution in [0.25, 0.3) is 0 Å². The van der Waals surface area contributed by atoms with Gasteiger partial charge in [0.1, 0.15) is 23.0 Å². The van der Waals surface area contributed by atoms with E-state index in [1.165, 1.54) is 24.2 Å². The summed E-state index contributed by atoms with van der Waals surface area (Å²) in [4.78, 5) is 22.6. The molecule has 1 saturated heterocycles. The number of aryl methyl sites for hydroxylation is 1. The van der Waals surface area contributed by atoms with Gasteiger partial charge in [0.2, 0.25) is 5.91 Å². The molecule has 0 spiro atoms. The molecule has 2 aromatic rings. The zero-order valence-electron chi connectivity index (χ0n) is 13.9. The Hall–Kier alpha value is -2.19. The summed E-state index contributed by atoms with van der Waals surface area (Å²) >= 11 is 1.32. The maximum absolute atomic E-state index is 13.5. The van der Waals surface area contributed by atoms with Gasteiger partial charge in [-0.2, -0.15) is 0 Å². The van der Waals surface area contributed by atoms with Crippen molar-refractivity contribution < 1.29 is 13.9 Å². The van der Waals surface area contributed by atoms with E-state index in [2.05, 4.69) is 20.2 Å². The Kier molecular flexibility index (Phi) is 5.83. The molecule has 1 fully saturated rings. The molecule has 0 aliphatic carbocycles. The van der Waals surface area contributed by atoms with E-state index in [0.29, 0.717) is 24.5 Å². The minimum absolute atomic E-state index is 0.190. The predicted octanol–water partition coefficient (Wildman–Crippen LogP) is 2.49. The van der Waals surface area contributed by atoms with E-state index in [1.54, 1.807) is 19.1 Å². The lowest BCUT2D eigenvalue weighted by Crippen LogP contribution is -2.36. The Morgan fingerprint density at radius 3 is 2.88 bits per heavy atom. The SMILES string of the molecule is Cc1ccc(NC(=O)CSc2cc(N3CCOCC3)ncn2)cc1F. The van der Waals surface area contributed by atoms with E-state index < -0.39 is 0 Å². The van der Waals surface area contributed by atoms with Gasteiger partial charge in [-0.3, -0.25) is 4.79 Å². The van der Waals surface area contributed by atoms with E-state index >= 15 is 0 Å². The third-order valence-electron chi connectivity index (χ3n) is 3.77. The fourth-order valence-electron chi connectivity index (χ4n) is 2.38. The number of carbonyl (C=O) groups is 1. The van der Waals surface area contributed by atoms with Crippen LogP contribution in [0, 0.1) is 12.7 Å². The molecule has 1 N–H and O–H groups in total. The second-order valence-corrected chi connectivity index (χ2v) is 6.61. The van der Waals surface area contributed by atoms with Gasteiger partial charge in [0.25, 0.3) is 0 Å². The first-order chi connectivity index (χ1) is 12.1. The summed E-state index contributed by atoms with van der Waals surface area (Å²) in [6.45, 7) is 4.63. The standard InChI is InChI=1S/C17H19FN4O2S/c1-12-2-3-13(8-14(12)18)21-16(23)10-25-17-9-15(19-11-20-17)22-4-6-24-7-5-22/h2-3,8-9,11H,4-7,10H2,1H3,(H,21,23). The van der Waals surface area contributed by atoms with Crippen molar-refractivity contribution in [1.29, 1.82) is 0 Å². The lowest BCUT2D eigenvalue weighted by Gasteiger charge is -2.27. The molecule has 0 bridgehead atoms. The van der Waals surface area contributed by atoms with E-state index in [4.69, 9.17) is 4.74 Å². The molecule has 0 saturated carbocycles. The number of rotatable bonds is 5. The average Bonchev–Trinajstić information content (AvgIpc) is 2.64. The Labute approximate surface area is 149 Å². The van der Waals surface area contributed by atoms with E-state index in [9.17, 15) is 9.18 Å².